The van der Waals surface area contributed by atoms with Crippen LogP contribution in [0.3, 0.4) is 0 Å². The minimum absolute atomic E-state index is 0.0665. The number of hydrogen-bond acceptors (Lipinski definition) is 6. The average molecular weight is 537 g/mol. The lowest BCUT2D eigenvalue weighted by Crippen LogP contribution is -2.55. The van der Waals surface area contributed by atoms with Gasteiger partial charge in [0.05, 0.1) is 22.9 Å². The quantitative estimate of drug-likeness (QED) is 0.357. The summed E-state index contributed by atoms with van der Waals surface area (Å²) >= 11 is 0. The molecule has 10 nitrogen and oxygen atoms in total. The SMILES string of the molecule is Cc1ccc(S(=O)(=O)NCC(=O)NC2CCCCC2NC(=O)CNS(=O)(=O)c2ccc(C)cc2)cc1. The molecule has 0 radical (unpaired) electrons. The van der Waals surface area contributed by atoms with E-state index in [1.165, 1.54) is 24.3 Å². The van der Waals surface area contributed by atoms with Gasteiger partial charge in [0, 0.05) is 12.1 Å². The van der Waals surface area contributed by atoms with E-state index in [1.54, 1.807) is 24.3 Å². The van der Waals surface area contributed by atoms with E-state index in [0.717, 1.165) is 24.0 Å². The smallest absolute Gasteiger partial charge is 0.241 e. The van der Waals surface area contributed by atoms with Gasteiger partial charge in [0.25, 0.3) is 0 Å². The lowest BCUT2D eigenvalue weighted by atomic mass is 9.90. The van der Waals surface area contributed by atoms with Gasteiger partial charge in [0.15, 0.2) is 0 Å². The number of rotatable bonds is 10. The van der Waals surface area contributed by atoms with E-state index in [1.807, 2.05) is 13.8 Å². The third kappa shape index (κ3) is 7.85. The normalized spacial score (nSPS) is 18.4. The van der Waals surface area contributed by atoms with Crippen molar-refractivity contribution in [3.8, 4) is 0 Å². The number of aryl methyl sites for hydroxylation is 2. The zero-order chi connectivity index (χ0) is 26.3. The lowest BCUT2D eigenvalue weighted by molar-refractivity contribution is -0.123. The number of carbonyl (C=O) groups is 2. The van der Waals surface area contributed by atoms with E-state index in [4.69, 9.17) is 0 Å². The summed E-state index contributed by atoms with van der Waals surface area (Å²) in [6.45, 7) is 2.80. The molecule has 2 unspecified atom stereocenters. The highest BCUT2D eigenvalue weighted by Crippen LogP contribution is 2.19. The summed E-state index contributed by atoms with van der Waals surface area (Å²) in [4.78, 5) is 25.1. The predicted molar refractivity (Wildman–Crippen MR) is 135 cm³/mol. The highest BCUT2D eigenvalue weighted by molar-refractivity contribution is 7.89. The lowest BCUT2D eigenvalue weighted by Gasteiger charge is -2.32. The zero-order valence-electron chi connectivity index (χ0n) is 20.3. The molecule has 2 aromatic carbocycles. The number of amides is 2. The number of sulfonamides is 2. The summed E-state index contributed by atoms with van der Waals surface area (Å²) in [5, 5.41) is 5.58. The Bertz CT molecular complexity index is 1180. The molecule has 196 valence electrons. The Balaban J connectivity index is 1.51. The first kappa shape index (κ1) is 27.8. The summed E-state index contributed by atoms with van der Waals surface area (Å²) in [5.41, 5.74) is 1.83. The van der Waals surface area contributed by atoms with Crippen LogP contribution in [0.1, 0.15) is 36.8 Å². The molecule has 3 rings (SSSR count). The average Bonchev–Trinajstić information content (AvgIpc) is 2.83. The summed E-state index contributed by atoms with van der Waals surface area (Å²) < 4.78 is 54.3. The molecule has 12 heteroatoms. The van der Waals surface area contributed by atoms with Crippen molar-refractivity contribution in [3.63, 3.8) is 0 Å². The van der Waals surface area contributed by atoms with E-state index in [0.29, 0.717) is 12.8 Å². The largest absolute Gasteiger partial charge is 0.350 e. The van der Waals surface area contributed by atoms with Crippen molar-refractivity contribution in [3.05, 3.63) is 59.7 Å². The maximum absolute atomic E-state index is 12.5. The van der Waals surface area contributed by atoms with Crippen LogP contribution in [0.5, 0.6) is 0 Å². The molecular formula is C24H32N4O6S2. The van der Waals surface area contributed by atoms with Gasteiger partial charge in [-0.3, -0.25) is 9.59 Å². The Kier molecular flexibility index (Phi) is 9.23. The van der Waals surface area contributed by atoms with Crippen molar-refractivity contribution in [1.29, 1.82) is 0 Å². The van der Waals surface area contributed by atoms with Gasteiger partial charge in [-0.05, 0) is 51.0 Å². The fourth-order valence-corrected chi connectivity index (χ4v) is 5.88. The van der Waals surface area contributed by atoms with Gasteiger partial charge in [0.1, 0.15) is 0 Å². The Morgan fingerprint density at radius 2 is 1.00 bits per heavy atom. The van der Waals surface area contributed by atoms with E-state index in [-0.39, 0.29) is 9.79 Å². The van der Waals surface area contributed by atoms with Crippen LogP contribution in [0.2, 0.25) is 0 Å². The third-order valence-corrected chi connectivity index (χ3v) is 8.80. The molecule has 1 fully saturated rings. The highest BCUT2D eigenvalue weighted by Gasteiger charge is 2.28. The maximum atomic E-state index is 12.5. The van der Waals surface area contributed by atoms with E-state index in [2.05, 4.69) is 20.1 Å². The van der Waals surface area contributed by atoms with Gasteiger partial charge in [0.2, 0.25) is 31.9 Å². The van der Waals surface area contributed by atoms with Crippen molar-refractivity contribution in [1.82, 2.24) is 20.1 Å². The molecular weight excluding hydrogens is 504 g/mol. The number of nitrogens with one attached hydrogen (secondary N) is 4. The van der Waals surface area contributed by atoms with Crippen molar-refractivity contribution >= 4 is 31.9 Å². The number of carbonyl (C=O) groups excluding carboxylic acids is 2. The molecule has 1 aliphatic carbocycles. The van der Waals surface area contributed by atoms with Crippen LogP contribution in [0.25, 0.3) is 0 Å². The predicted octanol–water partition coefficient (Wildman–Crippen LogP) is 1.10. The van der Waals surface area contributed by atoms with Crippen LogP contribution in [0.4, 0.5) is 0 Å². The third-order valence-electron chi connectivity index (χ3n) is 5.97. The van der Waals surface area contributed by atoms with Gasteiger partial charge in [-0.1, -0.05) is 48.2 Å². The Labute approximate surface area is 212 Å². The molecule has 0 spiro atoms. The molecule has 0 bridgehead atoms. The first-order chi connectivity index (χ1) is 17.0. The molecule has 2 atom stereocenters. The van der Waals surface area contributed by atoms with Gasteiger partial charge < -0.3 is 10.6 Å². The summed E-state index contributed by atoms with van der Waals surface area (Å²) in [7, 11) is -7.68. The first-order valence-corrected chi connectivity index (χ1v) is 14.6. The van der Waals surface area contributed by atoms with Crippen molar-refractivity contribution in [2.75, 3.05) is 13.1 Å². The van der Waals surface area contributed by atoms with Crippen molar-refractivity contribution in [2.24, 2.45) is 0 Å². The Morgan fingerprint density at radius 1 is 0.667 bits per heavy atom. The molecule has 0 saturated heterocycles. The Morgan fingerprint density at radius 3 is 1.33 bits per heavy atom. The van der Waals surface area contributed by atoms with Crippen LogP contribution < -0.4 is 20.1 Å². The van der Waals surface area contributed by atoms with Crippen LogP contribution in [0.15, 0.2) is 58.3 Å². The molecule has 1 aliphatic rings. The molecule has 36 heavy (non-hydrogen) atoms. The molecule has 0 heterocycles. The van der Waals surface area contributed by atoms with Crippen LogP contribution in [-0.2, 0) is 29.6 Å². The molecule has 0 aliphatic heterocycles. The summed E-state index contributed by atoms with van der Waals surface area (Å²) in [6.07, 6.45) is 2.89. The van der Waals surface area contributed by atoms with E-state index < -0.39 is 57.0 Å². The second-order valence-electron chi connectivity index (χ2n) is 8.91. The molecule has 2 aromatic rings. The summed E-state index contributed by atoms with van der Waals surface area (Å²) in [6, 6.07) is 11.8. The van der Waals surface area contributed by atoms with E-state index >= 15 is 0 Å². The van der Waals surface area contributed by atoms with Crippen molar-refractivity contribution in [2.45, 2.75) is 61.4 Å². The summed E-state index contributed by atoms with van der Waals surface area (Å²) in [5.74, 6) is -1.03. The van der Waals surface area contributed by atoms with E-state index in [9.17, 15) is 26.4 Å². The van der Waals surface area contributed by atoms with Gasteiger partial charge >= 0.3 is 0 Å². The first-order valence-electron chi connectivity index (χ1n) is 11.7. The van der Waals surface area contributed by atoms with Gasteiger partial charge in [-0.15, -0.1) is 0 Å². The molecule has 2 amide bonds. The van der Waals surface area contributed by atoms with Crippen LogP contribution >= 0.6 is 0 Å². The highest BCUT2D eigenvalue weighted by atomic mass is 32.2. The van der Waals surface area contributed by atoms with Crippen LogP contribution in [0, 0.1) is 13.8 Å². The topological polar surface area (TPSA) is 151 Å². The molecule has 0 aromatic heterocycles. The fourth-order valence-electron chi connectivity index (χ4n) is 3.91. The minimum Gasteiger partial charge on any atom is -0.350 e. The molecule has 4 N–H and O–H groups in total. The molecule has 1 saturated carbocycles. The van der Waals surface area contributed by atoms with Gasteiger partial charge in [-0.2, -0.15) is 0 Å². The van der Waals surface area contributed by atoms with Crippen molar-refractivity contribution < 1.29 is 26.4 Å². The second kappa shape index (κ2) is 12.0. The zero-order valence-corrected chi connectivity index (χ0v) is 21.9. The minimum atomic E-state index is -3.84. The standard InChI is InChI=1S/C24H32N4O6S2/c1-17-7-11-19(12-8-17)35(31,32)25-15-23(29)27-21-5-3-4-6-22(21)28-24(30)16-26-36(33,34)20-13-9-18(2)10-14-20/h7-14,21-22,25-26H,3-6,15-16H2,1-2H3,(H,27,29)(H,28,30). The van der Waals surface area contributed by atoms with Crippen LogP contribution in [-0.4, -0.2) is 53.8 Å². The fraction of sp³-hybridized carbons (Fsp3) is 0.417. The van der Waals surface area contributed by atoms with Gasteiger partial charge in [-0.25, -0.2) is 26.3 Å². The second-order valence-corrected chi connectivity index (χ2v) is 12.4. The number of benzene rings is 2. The monoisotopic (exact) mass is 536 g/mol. The maximum Gasteiger partial charge on any atom is 0.241 e. The number of hydrogen-bond donors (Lipinski definition) is 4. The Hall–Kier alpha value is -2.80.